The van der Waals surface area contributed by atoms with Crippen molar-refractivity contribution in [2.24, 2.45) is 0 Å². The summed E-state index contributed by atoms with van der Waals surface area (Å²) >= 11 is 0. The average Bonchev–Trinajstić information content (AvgIpc) is 3.35. The third kappa shape index (κ3) is 7.24. The number of amides is 2. The Kier molecular flexibility index (Phi) is 9.06. The van der Waals surface area contributed by atoms with Gasteiger partial charge in [0.1, 0.15) is 11.1 Å². The molecule has 0 unspecified atom stereocenters. The Labute approximate surface area is 206 Å². The molecule has 2 aromatic heterocycles. The van der Waals surface area contributed by atoms with E-state index < -0.39 is 17.2 Å². The average molecular weight is 481 g/mol. The highest BCUT2D eigenvalue weighted by atomic mass is 16.5. The van der Waals surface area contributed by atoms with E-state index in [-0.39, 0.29) is 23.3 Å². The molecule has 0 aromatic carbocycles. The Morgan fingerprint density at radius 1 is 1.00 bits per heavy atom. The summed E-state index contributed by atoms with van der Waals surface area (Å²) < 4.78 is 7.51. The number of aromatic nitrogens is 2. The summed E-state index contributed by atoms with van der Waals surface area (Å²) in [5.41, 5.74) is 0.469. The molecule has 8 heteroatoms. The van der Waals surface area contributed by atoms with Crippen molar-refractivity contribution in [1.29, 1.82) is 0 Å². The Morgan fingerprint density at radius 3 is 2.43 bits per heavy atom. The van der Waals surface area contributed by atoms with Gasteiger partial charge >= 0.3 is 0 Å². The first-order chi connectivity index (χ1) is 17.1. The lowest BCUT2D eigenvalue weighted by molar-refractivity contribution is 0.0914. The van der Waals surface area contributed by atoms with E-state index in [9.17, 15) is 14.4 Å². The van der Waals surface area contributed by atoms with Gasteiger partial charge in [0.2, 0.25) is 5.43 Å². The summed E-state index contributed by atoms with van der Waals surface area (Å²) in [6.07, 6.45) is 16.7. The van der Waals surface area contributed by atoms with Gasteiger partial charge in [-0.05, 0) is 43.7 Å². The van der Waals surface area contributed by atoms with Crippen molar-refractivity contribution in [3.8, 4) is 0 Å². The Bertz CT molecular complexity index is 1040. The van der Waals surface area contributed by atoms with Gasteiger partial charge in [-0.1, -0.05) is 38.2 Å². The largest absolute Gasteiger partial charge is 0.376 e. The summed E-state index contributed by atoms with van der Waals surface area (Å²) in [6.45, 7) is 1.58. The Balaban J connectivity index is 1.51. The molecule has 2 aromatic rings. The zero-order valence-electron chi connectivity index (χ0n) is 20.3. The third-order valence-corrected chi connectivity index (χ3v) is 6.87. The zero-order valence-corrected chi connectivity index (χ0v) is 20.3. The van der Waals surface area contributed by atoms with Crippen LogP contribution in [0.2, 0.25) is 0 Å². The highest BCUT2D eigenvalue weighted by Gasteiger charge is 2.23. The summed E-state index contributed by atoms with van der Waals surface area (Å²) in [5.74, 6) is -0.868. The van der Waals surface area contributed by atoms with Crippen molar-refractivity contribution < 1.29 is 14.3 Å². The fourth-order valence-corrected chi connectivity index (χ4v) is 4.91. The molecule has 4 rings (SSSR count). The molecule has 0 radical (unpaired) electrons. The summed E-state index contributed by atoms with van der Waals surface area (Å²) in [7, 11) is 0. The zero-order chi connectivity index (χ0) is 24.5. The van der Waals surface area contributed by atoms with Crippen LogP contribution in [0.3, 0.4) is 0 Å². The van der Waals surface area contributed by atoms with Crippen LogP contribution in [0, 0.1) is 0 Å². The molecule has 2 N–H and O–H groups in total. The quantitative estimate of drug-likeness (QED) is 0.604. The maximum atomic E-state index is 13.3. The molecular formula is C27H36N4O4. The standard InChI is InChI=1S/C27H36N4O4/c32-25-23(26(33)29-14-12-20-8-6-13-28-16-20)18-31(17-22-11-7-15-35-22)19-24(25)27(34)30-21-9-4-2-1-3-5-10-21/h6,8,13,16,18-19,21-22H,1-5,7,9-12,14-15,17H2,(H,29,33)(H,30,34)/t22-/m1/s1. The van der Waals surface area contributed by atoms with Crippen LogP contribution in [-0.2, 0) is 17.7 Å². The van der Waals surface area contributed by atoms with E-state index in [4.69, 9.17) is 4.74 Å². The molecule has 188 valence electrons. The second-order valence-electron chi connectivity index (χ2n) is 9.63. The number of ether oxygens (including phenoxy) is 1. The molecule has 1 aliphatic carbocycles. The number of rotatable bonds is 8. The monoisotopic (exact) mass is 480 g/mol. The molecule has 2 aliphatic rings. The third-order valence-electron chi connectivity index (χ3n) is 6.87. The van der Waals surface area contributed by atoms with Gasteiger partial charge in [-0.15, -0.1) is 0 Å². The first-order valence-corrected chi connectivity index (χ1v) is 12.9. The second kappa shape index (κ2) is 12.6. The molecule has 1 atom stereocenters. The summed E-state index contributed by atoms with van der Waals surface area (Å²) in [4.78, 5) is 43.5. The topological polar surface area (TPSA) is 102 Å². The molecule has 35 heavy (non-hydrogen) atoms. The summed E-state index contributed by atoms with van der Waals surface area (Å²) in [5, 5.41) is 5.90. The van der Waals surface area contributed by atoms with Gasteiger partial charge in [0.15, 0.2) is 0 Å². The van der Waals surface area contributed by atoms with Gasteiger partial charge in [0.05, 0.1) is 6.10 Å². The van der Waals surface area contributed by atoms with Crippen molar-refractivity contribution in [2.75, 3.05) is 13.2 Å². The Hall–Kier alpha value is -3.00. The highest BCUT2D eigenvalue weighted by molar-refractivity contribution is 5.99. The number of nitrogens with one attached hydrogen (secondary N) is 2. The van der Waals surface area contributed by atoms with Gasteiger partial charge in [-0.3, -0.25) is 19.4 Å². The molecule has 1 aliphatic heterocycles. The van der Waals surface area contributed by atoms with Crippen LogP contribution in [0.1, 0.15) is 84.1 Å². The first-order valence-electron chi connectivity index (χ1n) is 12.9. The predicted octanol–water partition coefficient (Wildman–Crippen LogP) is 3.24. The van der Waals surface area contributed by atoms with E-state index >= 15 is 0 Å². The summed E-state index contributed by atoms with van der Waals surface area (Å²) in [6, 6.07) is 3.85. The number of pyridine rings is 2. The van der Waals surface area contributed by atoms with Crippen molar-refractivity contribution in [3.05, 3.63) is 63.8 Å². The van der Waals surface area contributed by atoms with E-state index in [2.05, 4.69) is 15.6 Å². The van der Waals surface area contributed by atoms with Crippen LogP contribution in [-0.4, -0.2) is 46.7 Å². The van der Waals surface area contributed by atoms with Gasteiger partial charge < -0.3 is 19.9 Å². The van der Waals surface area contributed by atoms with Crippen LogP contribution in [0.4, 0.5) is 0 Å². The van der Waals surface area contributed by atoms with E-state index in [1.54, 1.807) is 29.4 Å². The van der Waals surface area contributed by atoms with Crippen molar-refractivity contribution in [3.63, 3.8) is 0 Å². The van der Waals surface area contributed by atoms with E-state index in [1.165, 1.54) is 19.3 Å². The van der Waals surface area contributed by atoms with Crippen molar-refractivity contribution in [2.45, 2.75) is 82.9 Å². The number of carbonyl (C=O) groups excluding carboxylic acids is 2. The van der Waals surface area contributed by atoms with Gasteiger partial charge in [-0.2, -0.15) is 0 Å². The van der Waals surface area contributed by atoms with Gasteiger partial charge in [-0.25, -0.2) is 0 Å². The minimum atomic E-state index is -0.532. The van der Waals surface area contributed by atoms with Crippen LogP contribution in [0.25, 0.3) is 0 Å². The Morgan fingerprint density at radius 2 is 1.74 bits per heavy atom. The van der Waals surface area contributed by atoms with Crippen LogP contribution in [0.15, 0.2) is 41.7 Å². The van der Waals surface area contributed by atoms with E-state index in [1.807, 2.05) is 12.1 Å². The molecule has 3 heterocycles. The fraction of sp³-hybridized carbons (Fsp3) is 0.556. The van der Waals surface area contributed by atoms with E-state index in [0.29, 0.717) is 26.1 Å². The molecule has 8 nitrogen and oxygen atoms in total. The SMILES string of the molecule is O=C(NCCc1cccnc1)c1cn(C[C@H]2CCCO2)cc(C(=O)NC2CCCCCCC2)c1=O. The lowest BCUT2D eigenvalue weighted by Crippen LogP contribution is -2.40. The molecule has 0 bridgehead atoms. The van der Waals surface area contributed by atoms with Crippen LogP contribution in [0.5, 0.6) is 0 Å². The lowest BCUT2D eigenvalue weighted by atomic mass is 9.96. The molecule has 0 spiro atoms. The molecule has 1 saturated heterocycles. The minimum absolute atomic E-state index is 0.0144. The molecule has 1 saturated carbocycles. The molecular weight excluding hydrogens is 444 g/mol. The minimum Gasteiger partial charge on any atom is -0.376 e. The van der Waals surface area contributed by atoms with Crippen molar-refractivity contribution in [1.82, 2.24) is 20.2 Å². The number of hydrogen-bond donors (Lipinski definition) is 2. The highest BCUT2D eigenvalue weighted by Crippen LogP contribution is 2.18. The second-order valence-corrected chi connectivity index (χ2v) is 9.63. The normalized spacial score (nSPS) is 19.0. The van der Waals surface area contributed by atoms with Crippen molar-refractivity contribution >= 4 is 11.8 Å². The van der Waals surface area contributed by atoms with Gasteiger partial charge in [0.25, 0.3) is 11.8 Å². The maximum absolute atomic E-state index is 13.3. The smallest absolute Gasteiger partial charge is 0.256 e. The maximum Gasteiger partial charge on any atom is 0.256 e. The van der Waals surface area contributed by atoms with E-state index in [0.717, 1.165) is 44.1 Å². The lowest BCUT2D eigenvalue weighted by Gasteiger charge is -2.21. The molecule has 2 fully saturated rings. The number of nitrogens with zero attached hydrogens (tertiary/aromatic N) is 2. The predicted molar refractivity (Wildman–Crippen MR) is 134 cm³/mol. The number of carbonyl (C=O) groups is 2. The fourth-order valence-electron chi connectivity index (χ4n) is 4.91. The van der Waals surface area contributed by atoms with Crippen LogP contribution >= 0.6 is 0 Å². The first kappa shape index (κ1) is 25.1. The van der Waals surface area contributed by atoms with Gasteiger partial charge in [0, 0.05) is 50.5 Å². The molecule has 2 amide bonds. The van der Waals surface area contributed by atoms with Crippen LogP contribution < -0.4 is 16.1 Å². The number of hydrogen-bond acceptors (Lipinski definition) is 5.